The van der Waals surface area contributed by atoms with E-state index in [0.29, 0.717) is 17.6 Å². The zero-order chi connectivity index (χ0) is 22.1. The lowest BCUT2D eigenvalue weighted by molar-refractivity contribution is -0.127. The highest BCUT2D eigenvalue weighted by Crippen LogP contribution is 2.32. The molecule has 0 bridgehead atoms. The van der Waals surface area contributed by atoms with E-state index in [2.05, 4.69) is 33.7 Å². The van der Waals surface area contributed by atoms with E-state index in [1.807, 2.05) is 25.3 Å². The number of hydrogen-bond acceptors (Lipinski definition) is 6. The second-order valence-electron chi connectivity index (χ2n) is 8.11. The Morgan fingerprint density at radius 1 is 1.45 bits per heavy atom. The molecular weight excluding hydrogens is 441 g/mol. The van der Waals surface area contributed by atoms with Crippen LogP contribution in [0.25, 0.3) is 10.9 Å². The van der Waals surface area contributed by atoms with Crippen LogP contribution in [0.1, 0.15) is 18.7 Å². The molecular formula is C21H25ClFN5O2S. The van der Waals surface area contributed by atoms with Crippen molar-refractivity contribution in [3.05, 3.63) is 29.4 Å². The van der Waals surface area contributed by atoms with Gasteiger partial charge in [0.25, 0.3) is 0 Å². The number of alkyl halides is 2. The van der Waals surface area contributed by atoms with Gasteiger partial charge in [-0.25, -0.2) is 9.37 Å². The molecule has 1 aliphatic heterocycles. The number of hydrogen-bond donors (Lipinski definition) is 1. The molecule has 4 rings (SSSR count). The number of nitrogens with zero attached hydrogens (tertiary/aromatic N) is 4. The Morgan fingerprint density at radius 2 is 2.26 bits per heavy atom. The van der Waals surface area contributed by atoms with Crippen LogP contribution in [0, 0.1) is 12.8 Å². The average Bonchev–Trinajstić information content (AvgIpc) is 3.41. The Hall–Kier alpha value is -2.39. The van der Waals surface area contributed by atoms with E-state index in [9.17, 15) is 9.18 Å². The summed E-state index contributed by atoms with van der Waals surface area (Å²) in [4.78, 5) is 23.3. The molecule has 31 heavy (non-hydrogen) atoms. The largest absolute Gasteiger partial charge is 0.469 e. The van der Waals surface area contributed by atoms with Gasteiger partial charge in [-0.2, -0.15) is 4.98 Å². The fraction of sp³-hybridized carbons (Fsp3) is 0.476. The molecule has 0 spiro atoms. The Balaban J connectivity index is 1.67. The molecule has 4 heterocycles. The van der Waals surface area contributed by atoms with Crippen molar-refractivity contribution >= 4 is 50.7 Å². The van der Waals surface area contributed by atoms with Crippen LogP contribution in [0.2, 0.25) is 0 Å². The molecule has 0 aromatic carbocycles. The van der Waals surface area contributed by atoms with E-state index in [1.165, 1.54) is 16.2 Å². The quantitative estimate of drug-likeness (QED) is 0.524. The fourth-order valence-corrected chi connectivity index (χ4v) is 4.50. The third-order valence-electron chi connectivity index (χ3n) is 5.08. The summed E-state index contributed by atoms with van der Waals surface area (Å²) in [6.45, 7) is 7.23. The highest BCUT2D eigenvalue weighted by atomic mass is 35.5. The first-order chi connectivity index (χ1) is 14.8. The zero-order valence-electron chi connectivity index (χ0n) is 17.6. The molecule has 10 heteroatoms. The first-order valence-corrected chi connectivity index (χ1v) is 11.5. The van der Waals surface area contributed by atoms with Gasteiger partial charge in [0.2, 0.25) is 11.8 Å². The van der Waals surface area contributed by atoms with Gasteiger partial charge >= 0.3 is 0 Å². The highest BCUT2D eigenvalue weighted by molar-refractivity contribution is 7.15. The third kappa shape index (κ3) is 4.77. The summed E-state index contributed by atoms with van der Waals surface area (Å²) in [6.07, 6.45) is 1.68. The highest BCUT2D eigenvalue weighted by Gasteiger charge is 2.37. The Bertz CT molecular complexity index is 1090. The number of aromatic nitrogens is 3. The molecule has 0 aliphatic carbocycles. The maximum atomic E-state index is 14.6. The van der Waals surface area contributed by atoms with Crippen molar-refractivity contribution in [3.8, 4) is 5.88 Å². The molecule has 166 valence electrons. The lowest BCUT2D eigenvalue weighted by Gasteiger charge is -2.17. The minimum atomic E-state index is -1.31. The van der Waals surface area contributed by atoms with Crippen LogP contribution in [0.15, 0.2) is 24.5 Å². The fourth-order valence-electron chi connectivity index (χ4n) is 3.66. The van der Waals surface area contributed by atoms with Gasteiger partial charge in [0.1, 0.15) is 11.7 Å². The molecule has 3 aromatic heterocycles. The molecule has 1 saturated heterocycles. The number of aryl methyl sites for hydroxylation is 1. The van der Waals surface area contributed by atoms with Crippen molar-refractivity contribution in [2.24, 2.45) is 5.92 Å². The number of amides is 1. The van der Waals surface area contributed by atoms with Crippen LogP contribution in [0.5, 0.6) is 5.88 Å². The van der Waals surface area contributed by atoms with Crippen molar-refractivity contribution in [1.29, 1.82) is 0 Å². The normalized spacial score (nSPS) is 18.8. The second kappa shape index (κ2) is 9.00. The molecule has 1 N–H and O–H groups in total. The van der Waals surface area contributed by atoms with E-state index in [0.717, 1.165) is 27.5 Å². The Kier molecular flexibility index (Phi) is 6.34. The SMILES string of the molecule is Cc1cnc(Nc2cc3c(ccn3CC(C)C)c(O[C@@H]3CN(C(=O)CCl)C[C@@H]3F)n2)s1. The van der Waals surface area contributed by atoms with Crippen LogP contribution < -0.4 is 10.1 Å². The van der Waals surface area contributed by atoms with Gasteiger partial charge in [-0.15, -0.1) is 22.9 Å². The smallest absolute Gasteiger partial charge is 0.237 e. The first-order valence-electron chi connectivity index (χ1n) is 10.2. The number of likely N-dealkylation sites (tertiary alicyclic amines) is 1. The van der Waals surface area contributed by atoms with Crippen LogP contribution >= 0.6 is 22.9 Å². The molecule has 3 aromatic rings. The van der Waals surface area contributed by atoms with Gasteiger partial charge in [-0.05, 0) is 18.9 Å². The zero-order valence-corrected chi connectivity index (χ0v) is 19.2. The van der Waals surface area contributed by atoms with Gasteiger partial charge in [0.05, 0.1) is 24.0 Å². The lowest BCUT2D eigenvalue weighted by atomic mass is 10.2. The van der Waals surface area contributed by atoms with Gasteiger partial charge < -0.3 is 19.5 Å². The molecule has 7 nitrogen and oxygen atoms in total. The minimum Gasteiger partial charge on any atom is -0.469 e. The topological polar surface area (TPSA) is 72.3 Å². The molecule has 1 fully saturated rings. The summed E-state index contributed by atoms with van der Waals surface area (Å²) in [5, 5.41) is 4.75. The monoisotopic (exact) mass is 465 g/mol. The van der Waals surface area contributed by atoms with Gasteiger partial charge in [0, 0.05) is 29.9 Å². The van der Waals surface area contributed by atoms with E-state index >= 15 is 0 Å². The number of anilines is 2. The van der Waals surface area contributed by atoms with Crippen molar-refractivity contribution in [3.63, 3.8) is 0 Å². The average molecular weight is 466 g/mol. The van der Waals surface area contributed by atoms with Gasteiger partial charge in [-0.3, -0.25) is 4.79 Å². The molecule has 1 amide bonds. The number of rotatable bonds is 7. The first kappa shape index (κ1) is 21.8. The van der Waals surface area contributed by atoms with Crippen molar-refractivity contribution in [2.75, 3.05) is 24.3 Å². The number of carbonyl (C=O) groups is 1. The van der Waals surface area contributed by atoms with Crippen molar-refractivity contribution in [2.45, 2.75) is 39.6 Å². The van der Waals surface area contributed by atoms with Crippen LogP contribution in [0.3, 0.4) is 0 Å². The van der Waals surface area contributed by atoms with E-state index < -0.39 is 12.3 Å². The summed E-state index contributed by atoms with van der Waals surface area (Å²) < 4.78 is 22.8. The maximum absolute atomic E-state index is 14.6. The summed E-state index contributed by atoms with van der Waals surface area (Å²) >= 11 is 7.15. The summed E-state index contributed by atoms with van der Waals surface area (Å²) in [5.41, 5.74) is 0.941. The number of halogens is 2. The third-order valence-corrected chi connectivity index (χ3v) is 6.14. The van der Waals surface area contributed by atoms with Crippen molar-refractivity contribution in [1.82, 2.24) is 19.4 Å². The van der Waals surface area contributed by atoms with Crippen LogP contribution in [-0.2, 0) is 11.3 Å². The lowest BCUT2D eigenvalue weighted by Crippen LogP contribution is -2.31. The molecule has 0 saturated carbocycles. The summed E-state index contributed by atoms with van der Waals surface area (Å²) in [6, 6.07) is 3.88. The van der Waals surface area contributed by atoms with Gasteiger partial charge in [-0.1, -0.05) is 13.8 Å². The van der Waals surface area contributed by atoms with Gasteiger partial charge in [0.15, 0.2) is 17.4 Å². The van der Waals surface area contributed by atoms with Crippen molar-refractivity contribution < 1.29 is 13.9 Å². The molecule has 1 aliphatic rings. The molecule has 2 atom stereocenters. The maximum Gasteiger partial charge on any atom is 0.237 e. The molecule has 0 unspecified atom stereocenters. The number of carbonyl (C=O) groups excluding carboxylic acids is 1. The van der Waals surface area contributed by atoms with Crippen LogP contribution in [0.4, 0.5) is 15.3 Å². The van der Waals surface area contributed by atoms with E-state index in [1.54, 1.807) is 6.20 Å². The van der Waals surface area contributed by atoms with Crippen LogP contribution in [-0.4, -0.2) is 56.6 Å². The standard InChI is InChI=1S/C21H25ClFN5O2S/c1-12(2)9-27-5-4-14-16(27)6-18(26-21-24-8-13(3)31-21)25-20(14)30-17-11-28(10-15(17)23)19(29)7-22/h4-6,8,12,15,17H,7,9-11H2,1-3H3,(H,24,25,26)/t15-,17+/m0/s1. The Labute approximate surface area is 189 Å². The minimum absolute atomic E-state index is 0.0238. The number of fused-ring (bicyclic) bond motifs is 1. The predicted octanol–water partition coefficient (Wildman–Crippen LogP) is 4.37. The molecule has 0 radical (unpaired) electrons. The second-order valence-corrected chi connectivity index (χ2v) is 9.62. The van der Waals surface area contributed by atoms with E-state index in [-0.39, 0.29) is 24.9 Å². The predicted molar refractivity (Wildman–Crippen MR) is 121 cm³/mol. The summed E-state index contributed by atoms with van der Waals surface area (Å²) in [7, 11) is 0. The number of ether oxygens (including phenoxy) is 1. The van der Waals surface area contributed by atoms with E-state index in [4.69, 9.17) is 16.3 Å². The number of thiazole rings is 1. The Morgan fingerprint density at radius 3 is 2.94 bits per heavy atom. The summed E-state index contributed by atoms with van der Waals surface area (Å²) in [5.74, 6) is 0.885. The number of nitrogens with one attached hydrogen (secondary N) is 1. The number of pyridine rings is 1.